The van der Waals surface area contributed by atoms with Crippen LogP contribution in [0, 0.1) is 0 Å². The van der Waals surface area contributed by atoms with Crippen molar-refractivity contribution in [3.05, 3.63) is 33.1 Å². The molecule has 0 saturated carbocycles. The van der Waals surface area contributed by atoms with Crippen LogP contribution in [-0.2, 0) is 9.30 Å². The van der Waals surface area contributed by atoms with Crippen LogP contribution < -0.4 is 11.2 Å². The smallest absolute Gasteiger partial charge is 0.330 e. The van der Waals surface area contributed by atoms with Gasteiger partial charge in [0.05, 0.1) is 12.3 Å². The number of ether oxygens (including phenoxy) is 1. The highest BCUT2D eigenvalue weighted by molar-refractivity contribution is 7.51. The molecule has 1 fully saturated rings. The lowest BCUT2D eigenvalue weighted by Gasteiger charge is -2.21. The molecule has 0 amide bonds. The molecule has 0 aromatic carbocycles. The first-order valence-corrected chi connectivity index (χ1v) is 7.95. The van der Waals surface area contributed by atoms with Gasteiger partial charge in [-0.1, -0.05) is 0 Å². The summed E-state index contributed by atoms with van der Waals surface area (Å²) in [5.41, 5.74) is -1.58. The van der Waals surface area contributed by atoms with Gasteiger partial charge in [-0.15, -0.1) is 0 Å². The fourth-order valence-corrected chi connectivity index (χ4v) is 2.90. The molecule has 2 rings (SSSR count). The summed E-state index contributed by atoms with van der Waals surface area (Å²) in [5.74, 6) is 0. The van der Waals surface area contributed by atoms with Crippen molar-refractivity contribution in [2.45, 2.75) is 30.6 Å². The van der Waals surface area contributed by atoms with Crippen LogP contribution in [0.5, 0.6) is 0 Å². The summed E-state index contributed by atoms with van der Waals surface area (Å²) in [5, 5.41) is 29.4. The Kier molecular flexibility index (Phi) is 4.68. The largest absolute Gasteiger partial charge is 0.390 e. The van der Waals surface area contributed by atoms with Gasteiger partial charge in [-0.25, -0.2) is 4.79 Å². The van der Waals surface area contributed by atoms with E-state index in [4.69, 9.17) is 14.5 Å². The third-order valence-corrected chi connectivity index (χ3v) is 4.05. The first kappa shape index (κ1) is 17.0. The number of aliphatic hydroxyl groups excluding tert-OH is 3. The van der Waals surface area contributed by atoms with Gasteiger partial charge in [0.1, 0.15) is 18.3 Å². The highest BCUT2D eigenvalue weighted by Crippen LogP contribution is 2.38. The first-order chi connectivity index (χ1) is 10.1. The Labute approximate surface area is 122 Å². The van der Waals surface area contributed by atoms with Gasteiger partial charge in [0.15, 0.2) is 6.23 Å². The van der Waals surface area contributed by atoms with E-state index in [-0.39, 0.29) is 0 Å². The Morgan fingerprint density at radius 2 is 1.95 bits per heavy atom. The maximum atomic E-state index is 11.6. The fraction of sp³-hybridized carbons (Fsp3) is 0.600. The van der Waals surface area contributed by atoms with Gasteiger partial charge in [-0.2, -0.15) is 0 Å². The van der Waals surface area contributed by atoms with E-state index in [0.717, 1.165) is 16.8 Å². The normalized spacial score (nSPS) is 30.4. The molecule has 1 aliphatic rings. The van der Waals surface area contributed by atoms with Crippen LogP contribution in [0.25, 0.3) is 0 Å². The molecule has 0 spiro atoms. The second kappa shape index (κ2) is 6.05. The number of hydrogen-bond acceptors (Lipinski definition) is 7. The van der Waals surface area contributed by atoms with Crippen molar-refractivity contribution in [2.75, 3.05) is 6.16 Å². The quantitative estimate of drug-likeness (QED) is 0.306. The van der Waals surface area contributed by atoms with Gasteiger partial charge in [0, 0.05) is 12.3 Å². The fourth-order valence-electron chi connectivity index (χ4n) is 2.21. The summed E-state index contributed by atoms with van der Waals surface area (Å²) in [6.07, 6.45) is -7.95. The zero-order chi connectivity index (χ0) is 16.7. The number of rotatable bonds is 4. The lowest BCUT2D eigenvalue weighted by atomic mass is 10.1. The molecule has 5 atom stereocenters. The van der Waals surface area contributed by atoms with Gasteiger partial charge in [-0.05, 0) is 0 Å². The first-order valence-electron chi connectivity index (χ1n) is 6.16. The van der Waals surface area contributed by atoms with E-state index in [2.05, 4.69) is 0 Å². The Bertz CT molecular complexity index is 694. The van der Waals surface area contributed by atoms with Crippen LogP contribution >= 0.6 is 7.60 Å². The summed E-state index contributed by atoms with van der Waals surface area (Å²) in [4.78, 5) is 42.2. The van der Waals surface area contributed by atoms with E-state index in [1.807, 2.05) is 4.98 Å². The molecule has 0 aliphatic carbocycles. The van der Waals surface area contributed by atoms with E-state index < -0.39 is 55.7 Å². The summed E-state index contributed by atoms with van der Waals surface area (Å²) < 4.78 is 16.8. The number of hydrogen-bond donors (Lipinski definition) is 6. The van der Waals surface area contributed by atoms with Crippen LogP contribution in [0.2, 0.25) is 0 Å². The molecule has 1 saturated heterocycles. The highest BCUT2D eigenvalue weighted by atomic mass is 31.2. The number of aliphatic hydroxyl groups is 3. The van der Waals surface area contributed by atoms with Crippen molar-refractivity contribution in [2.24, 2.45) is 0 Å². The van der Waals surface area contributed by atoms with Gasteiger partial charge in [0.2, 0.25) is 0 Å². The van der Waals surface area contributed by atoms with E-state index in [9.17, 15) is 29.5 Å². The van der Waals surface area contributed by atoms with E-state index in [0.29, 0.717) is 0 Å². The van der Waals surface area contributed by atoms with Gasteiger partial charge >= 0.3 is 13.3 Å². The molecule has 11 nitrogen and oxygen atoms in total. The molecule has 124 valence electrons. The van der Waals surface area contributed by atoms with Gasteiger partial charge < -0.3 is 29.8 Å². The molecule has 0 unspecified atom stereocenters. The van der Waals surface area contributed by atoms with E-state index >= 15 is 0 Å². The summed E-state index contributed by atoms with van der Waals surface area (Å²) in [6, 6.07) is 0.989. The van der Waals surface area contributed by atoms with E-state index in [1.165, 1.54) is 0 Å². The molecule has 1 aliphatic heterocycles. The van der Waals surface area contributed by atoms with Crippen molar-refractivity contribution in [1.82, 2.24) is 9.55 Å². The average molecular weight is 338 g/mol. The minimum atomic E-state index is -4.57. The zero-order valence-corrected chi connectivity index (χ0v) is 11.9. The van der Waals surface area contributed by atoms with Crippen LogP contribution in [0.1, 0.15) is 6.23 Å². The van der Waals surface area contributed by atoms with Gasteiger partial charge in [-0.3, -0.25) is 18.9 Å². The SMILES string of the molecule is O=c1ccn([C@@H]2O[C@H]([C@H](O)CP(=O)(O)O)[C@@H](O)[C@H]2O)c(=O)[nH]1. The van der Waals surface area contributed by atoms with Crippen LogP contribution in [-0.4, -0.2) is 65.2 Å². The maximum Gasteiger partial charge on any atom is 0.330 e. The molecular formula is C10H15N2O9P. The number of aromatic nitrogens is 2. The molecule has 0 radical (unpaired) electrons. The van der Waals surface area contributed by atoms with Crippen molar-refractivity contribution >= 4 is 7.60 Å². The molecule has 0 bridgehead atoms. The van der Waals surface area contributed by atoms with E-state index in [1.54, 1.807) is 0 Å². The number of H-pyrrole nitrogens is 1. The zero-order valence-electron chi connectivity index (χ0n) is 11.0. The summed E-state index contributed by atoms with van der Waals surface area (Å²) in [6.45, 7) is 0. The lowest BCUT2D eigenvalue weighted by Crippen LogP contribution is -2.40. The predicted octanol–water partition coefficient (Wildman–Crippen LogP) is -3.31. The third kappa shape index (κ3) is 3.52. The van der Waals surface area contributed by atoms with Crippen LogP contribution in [0.3, 0.4) is 0 Å². The van der Waals surface area contributed by atoms with Crippen LogP contribution in [0.15, 0.2) is 21.9 Å². The molecular weight excluding hydrogens is 323 g/mol. The predicted molar refractivity (Wildman–Crippen MR) is 70.2 cm³/mol. The highest BCUT2D eigenvalue weighted by Gasteiger charge is 2.48. The monoisotopic (exact) mass is 338 g/mol. The van der Waals surface area contributed by atoms with Crippen LogP contribution in [0.4, 0.5) is 0 Å². The molecule has 2 heterocycles. The Hall–Kier alpha value is -1.33. The molecule has 1 aromatic rings. The summed E-state index contributed by atoms with van der Waals surface area (Å²) in [7, 11) is -4.57. The summed E-state index contributed by atoms with van der Waals surface area (Å²) >= 11 is 0. The standard InChI is InChI=1S/C10H15N2O9P/c13-4(3-22(18,19)20)8-6(15)7(16)9(21-8)12-2-1-5(14)11-10(12)17/h1-2,4,6-9,13,15-16H,3H2,(H,11,14,17)(H2,18,19,20)/t4-,6+,7-,8-,9-/m1/s1. The Morgan fingerprint density at radius 3 is 2.50 bits per heavy atom. The minimum Gasteiger partial charge on any atom is -0.390 e. The maximum absolute atomic E-state index is 11.6. The Balaban J connectivity index is 2.25. The van der Waals surface area contributed by atoms with Crippen molar-refractivity contribution in [3.63, 3.8) is 0 Å². The topological polar surface area (TPSA) is 182 Å². The van der Waals surface area contributed by atoms with Crippen molar-refractivity contribution < 1.29 is 34.4 Å². The molecule has 12 heteroatoms. The number of aromatic amines is 1. The lowest BCUT2D eigenvalue weighted by molar-refractivity contribution is -0.0802. The average Bonchev–Trinajstić information content (AvgIpc) is 2.65. The number of nitrogens with zero attached hydrogens (tertiary/aromatic N) is 1. The van der Waals surface area contributed by atoms with Gasteiger partial charge in [0.25, 0.3) is 5.56 Å². The second-order valence-corrected chi connectivity index (χ2v) is 6.60. The molecule has 6 N–H and O–H groups in total. The van der Waals surface area contributed by atoms with Crippen molar-refractivity contribution in [1.29, 1.82) is 0 Å². The molecule has 1 aromatic heterocycles. The minimum absolute atomic E-state index is 0.674. The molecule has 22 heavy (non-hydrogen) atoms. The second-order valence-electron chi connectivity index (χ2n) is 4.90. The third-order valence-electron chi connectivity index (χ3n) is 3.20. The number of nitrogens with one attached hydrogen (secondary N) is 1. The Morgan fingerprint density at radius 1 is 1.32 bits per heavy atom. The van der Waals surface area contributed by atoms with Crippen molar-refractivity contribution in [3.8, 4) is 0 Å².